The van der Waals surface area contributed by atoms with Crippen LogP contribution in [0.15, 0.2) is 48.5 Å². The zero-order valence-electron chi connectivity index (χ0n) is 10.6. The molecule has 0 aliphatic carbocycles. The lowest BCUT2D eigenvalue weighted by atomic mass is 10.1. The van der Waals surface area contributed by atoms with Crippen LogP contribution in [-0.4, -0.2) is 11.7 Å². The fourth-order valence-electron chi connectivity index (χ4n) is 1.79. The Bertz CT molecular complexity index is 529. The molecule has 0 saturated carbocycles. The predicted molar refractivity (Wildman–Crippen MR) is 74.9 cm³/mol. The largest absolute Gasteiger partial charge is 0.507 e. The van der Waals surface area contributed by atoms with Gasteiger partial charge in [-0.25, -0.2) is 0 Å². The highest BCUT2D eigenvalue weighted by molar-refractivity contribution is 5.41. The summed E-state index contributed by atoms with van der Waals surface area (Å²) in [5.74, 6) is 0.720. The number of hydrogen-bond acceptors (Lipinski definition) is 4. The lowest BCUT2D eigenvalue weighted by Gasteiger charge is -2.13. The Kier molecular flexibility index (Phi) is 4.39. The second-order valence-corrected chi connectivity index (χ2v) is 4.34. The third-order valence-electron chi connectivity index (χ3n) is 2.90. The van der Waals surface area contributed by atoms with Gasteiger partial charge >= 0.3 is 0 Å². The Labute approximate surface area is 112 Å². The lowest BCUT2D eigenvalue weighted by molar-refractivity contribution is 0.304. The highest BCUT2D eigenvalue weighted by atomic mass is 16.5. The van der Waals surface area contributed by atoms with Gasteiger partial charge in [0, 0.05) is 24.2 Å². The van der Waals surface area contributed by atoms with Gasteiger partial charge in [-0.2, -0.15) is 0 Å². The molecular weight excluding hydrogens is 240 g/mol. The number of benzene rings is 2. The van der Waals surface area contributed by atoms with Gasteiger partial charge in [0.15, 0.2) is 0 Å². The van der Waals surface area contributed by atoms with Crippen LogP contribution in [-0.2, 0) is 6.61 Å². The topological polar surface area (TPSA) is 81.5 Å². The van der Waals surface area contributed by atoms with Crippen molar-refractivity contribution in [2.45, 2.75) is 12.6 Å². The third-order valence-corrected chi connectivity index (χ3v) is 2.90. The highest BCUT2D eigenvalue weighted by Gasteiger charge is 2.10. The van der Waals surface area contributed by atoms with Crippen molar-refractivity contribution in [3.8, 4) is 11.5 Å². The van der Waals surface area contributed by atoms with Crippen molar-refractivity contribution in [1.29, 1.82) is 0 Å². The van der Waals surface area contributed by atoms with Gasteiger partial charge in [-0.05, 0) is 11.6 Å². The molecular formula is C15H18N2O2. The fraction of sp³-hybridized carbons (Fsp3) is 0.200. The van der Waals surface area contributed by atoms with E-state index in [1.54, 1.807) is 18.2 Å². The maximum absolute atomic E-state index is 9.87. The molecule has 0 fully saturated rings. The minimum Gasteiger partial charge on any atom is -0.507 e. The summed E-state index contributed by atoms with van der Waals surface area (Å²) in [4.78, 5) is 0. The molecule has 0 aromatic heterocycles. The van der Waals surface area contributed by atoms with Crippen molar-refractivity contribution in [2.24, 2.45) is 11.5 Å². The second kappa shape index (κ2) is 6.22. The van der Waals surface area contributed by atoms with Gasteiger partial charge in [0.05, 0.1) is 0 Å². The van der Waals surface area contributed by atoms with Gasteiger partial charge in [-0.3, -0.25) is 0 Å². The minimum atomic E-state index is -0.358. The monoisotopic (exact) mass is 258 g/mol. The second-order valence-electron chi connectivity index (χ2n) is 4.34. The van der Waals surface area contributed by atoms with Crippen LogP contribution in [0, 0.1) is 0 Å². The van der Waals surface area contributed by atoms with Crippen molar-refractivity contribution >= 4 is 0 Å². The van der Waals surface area contributed by atoms with Crippen LogP contribution in [0.2, 0.25) is 0 Å². The first-order valence-corrected chi connectivity index (χ1v) is 6.16. The Hall–Kier alpha value is -2.04. The van der Waals surface area contributed by atoms with Crippen molar-refractivity contribution < 1.29 is 9.84 Å². The molecule has 2 aromatic carbocycles. The van der Waals surface area contributed by atoms with E-state index in [1.165, 1.54) is 0 Å². The van der Waals surface area contributed by atoms with Crippen molar-refractivity contribution in [3.63, 3.8) is 0 Å². The standard InChI is InChI=1S/C15H18N2O2/c16-9-14(17)13-7-6-12(8-15(13)18)19-10-11-4-2-1-3-5-11/h1-8,14,18H,9-10,16-17H2/t14-/m1/s1. The van der Waals surface area contributed by atoms with Crippen molar-refractivity contribution in [2.75, 3.05) is 6.54 Å². The van der Waals surface area contributed by atoms with E-state index >= 15 is 0 Å². The third kappa shape index (κ3) is 3.47. The quantitative estimate of drug-likeness (QED) is 0.765. The summed E-state index contributed by atoms with van der Waals surface area (Å²) in [6.07, 6.45) is 0. The summed E-state index contributed by atoms with van der Waals surface area (Å²) in [6, 6.07) is 14.6. The summed E-state index contributed by atoms with van der Waals surface area (Å²) in [7, 11) is 0. The summed E-state index contributed by atoms with van der Waals surface area (Å²) < 4.78 is 5.61. The SMILES string of the molecule is NC[C@@H](N)c1ccc(OCc2ccccc2)cc1O. The number of hydrogen-bond donors (Lipinski definition) is 3. The minimum absolute atomic E-state index is 0.114. The molecule has 0 heterocycles. The molecule has 0 bridgehead atoms. The number of nitrogens with two attached hydrogens (primary N) is 2. The molecule has 0 amide bonds. The zero-order chi connectivity index (χ0) is 13.7. The number of phenols is 1. The first-order valence-electron chi connectivity index (χ1n) is 6.16. The average Bonchev–Trinajstić information content (AvgIpc) is 2.45. The summed E-state index contributed by atoms with van der Waals surface area (Å²) >= 11 is 0. The maximum atomic E-state index is 9.87. The Balaban J connectivity index is 2.04. The van der Waals surface area contributed by atoms with Crippen molar-refractivity contribution in [3.05, 3.63) is 59.7 Å². The van der Waals surface area contributed by atoms with Gasteiger partial charge in [0.1, 0.15) is 18.1 Å². The molecule has 19 heavy (non-hydrogen) atoms. The fourth-order valence-corrected chi connectivity index (χ4v) is 1.79. The zero-order valence-corrected chi connectivity index (χ0v) is 10.6. The van der Waals surface area contributed by atoms with Crippen LogP contribution >= 0.6 is 0 Å². The van der Waals surface area contributed by atoms with E-state index in [0.717, 1.165) is 5.56 Å². The van der Waals surface area contributed by atoms with E-state index in [4.69, 9.17) is 16.2 Å². The molecule has 0 saturated heterocycles. The van der Waals surface area contributed by atoms with Crippen LogP contribution < -0.4 is 16.2 Å². The Morgan fingerprint density at radius 1 is 1.11 bits per heavy atom. The Morgan fingerprint density at radius 3 is 2.47 bits per heavy atom. The number of rotatable bonds is 5. The van der Waals surface area contributed by atoms with Gasteiger partial charge in [0.25, 0.3) is 0 Å². The number of aromatic hydroxyl groups is 1. The van der Waals surface area contributed by atoms with Crippen LogP contribution in [0.4, 0.5) is 0 Å². The highest BCUT2D eigenvalue weighted by Crippen LogP contribution is 2.27. The summed E-state index contributed by atoms with van der Waals surface area (Å²) in [5.41, 5.74) is 13.0. The molecule has 0 radical (unpaired) electrons. The van der Waals surface area contributed by atoms with E-state index in [2.05, 4.69) is 0 Å². The van der Waals surface area contributed by atoms with Gasteiger partial charge in [-0.15, -0.1) is 0 Å². The average molecular weight is 258 g/mol. The molecule has 0 unspecified atom stereocenters. The van der Waals surface area contributed by atoms with E-state index in [1.807, 2.05) is 30.3 Å². The number of phenolic OH excluding ortho intramolecular Hbond substituents is 1. The molecule has 100 valence electrons. The van der Waals surface area contributed by atoms with Gasteiger partial charge in [0.2, 0.25) is 0 Å². The molecule has 2 aromatic rings. The van der Waals surface area contributed by atoms with Crippen LogP contribution in [0.1, 0.15) is 17.2 Å². The van der Waals surface area contributed by atoms with E-state index < -0.39 is 0 Å². The molecule has 2 rings (SSSR count). The molecule has 5 N–H and O–H groups in total. The molecule has 4 nitrogen and oxygen atoms in total. The van der Waals surface area contributed by atoms with Gasteiger partial charge < -0.3 is 21.3 Å². The number of ether oxygens (including phenoxy) is 1. The predicted octanol–water partition coefficient (Wildman–Crippen LogP) is 1.93. The maximum Gasteiger partial charge on any atom is 0.124 e. The first kappa shape index (κ1) is 13.4. The summed E-state index contributed by atoms with van der Waals surface area (Å²) in [6.45, 7) is 0.750. The normalized spacial score (nSPS) is 12.1. The van der Waals surface area contributed by atoms with Crippen LogP contribution in [0.5, 0.6) is 11.5 Å². The summed E-state index contributed by atoms with van der Waals surface area (Å²) in [5, 5.41) is 9.87. The van der Waals surface area contributed by atoms with Crippen LogP contribution in [0.3, 0.4) is 0 Å². The Morgan fingerprint density at radius 2 is 1.84 bits per heavy atom. The molecule has 4 heteroatoms. The lowest BCUT2D eigenvalue weighted by Crippen LogP contribution is -2.20. The van der Waals surface area contributed by atoms with Crippen LogP contribution in [0.25, 0.3) is 0 Å². The first-order chi connectivity index (χ1) is 9.20. The molecule has 0 aliphatic rings. The van der Waals surface area contributed by atoms with E-state index in [9.17, 15) is 5.11 Å². The van der Waals surface area contributed by atoms with E-state index in [0.29, 0.717) is 17.9 Å². The van der Waals surface area contributed by atoms with Gasteiger partial charge in [-0.1, -0.05) is 36.4 Å². The molecule has 0 spiro atoms. The van der Waals surface area contributed by atoms with Crippen molar-refractivity contribution in [1.82, 2.24) is 0 Å². The molecule has 0 aliphatic heterocycles. The smallest absolute Gasteiger partial charge is 0.124 e. The van der Waals surface area contributed by atoms with E-state index in [-0.39, 0.29) is 18.3 Å². The molecule has 1 atom stereocenters.